The third-order valence-corrected chi connectivity index (χ3v) is 7.30. The molecule has 0 aromatic carbocycles. The Hall–Kier alpha value is -3.36. The SMILES string of the molecule is CC1(C)CNCC[C@@H]1Nc1nc(-c2ccnc(Nc3cncc(Cl)c3)c2)nc2cncc(C3CC3)c12. The van der Waals surface area contributed by atoms with Gasteiger partial charge in [0.15, 0.2) is 5.82 Å². The molecule has 0 amide bonds. The summed E-state index contributed by atoms with van der Waals surface area (Å²) in [4.78, 5) is 23.2. The minimum atomic E-state index is 0.0984. The zero-order chi connectivity index (χ0) is 24.7. The molecule has 0 unspecified atom stereocenters. The van der Waals surface area contributed by atoms with E-state index in [-0.39, 0.29) is 5.41 Å². The Morgan fingerprint density at radius 2 is 1.89 bits per heavy atom. The van der Waals surface area contributed by atoms with Gasteiger partial charge in [0.05, 0.1) is 28.6 Å². The van der Waals surface area contributed by atoms with Gasteiger partial charge in [-0.2, -0.15) is 0 Å². The molecule has 1 saturated heterocycles. The van der Waals surface area contributed by atoms with Crippen molar-refractivity contribution in [2.45, 2.75) is 45.1 Å². The fourth-order valence-electron chi connectivity index (χ4n) is 4.92. The predicted molar refractivity (Wildman–Crippen MR) is 144 cm³/mol. The maximum absolute atomic E-state index is 6.09. The van der Waals surface area contributed by atoms with Gasteiger partial charge in [-0.1, -0.05) is 25.4 Å². The number of nitrogens with one attached hydrogen (secondary N) is 3. The number of aromatic nitrogens is 5. The van der Waals surface area contributed by atoms with E-state index in [1.165, 1.54) is 18.4 Å². The second-order valence-corrected chi connectivity index (χ2v) is 10.8. The lowest BCUT2D eigenvalue weighted by molar-refractivity contribution is 0.236. The van der Waals surface area contributed by atoms with Crippen molar-refractivity contribution in [2.24, 2.45) is 5.41 Å². The van der Waals surface area contributed by atoms with E-state index in [9.17, 15) is 0 Å². The number of pyridine rings is 3. The van der Waals surface area contributed by atoms with Crippen LogP contribution in [0, 0.1) is 5.41 Å². The number of rotatable bonds is 6. The molecule has 3 N–H and O–H groups in total. The van der Waals surface area contributed by atoms with Crippen molar-refractivity contribution in [2.75, 3.05) is 23.7 Å². The summed E-state index contributed by atoms with van der Waals surface area (Å²) in [6, 6.07) is 5.98. The van der Waals surface area contributed by atoms with Crippen molar-refractivity contribution in [3.8, 4) is 11.4 Å². The third-order valence-electron chi connectivity index (χ3n) is 7.09. The predicted octanol–water partition coefficient (Wildman–Crippen LogP) is 5.56. The highest BCUT2D eigenvalue weighted by molar-refractivity contribution is 6.30. The molecule has 8 nitrogen and oxygen atoms in total. The number of piperidine rings is 1. The number of hydrogen-bond acceptors (Lipinski definition) is 8. The normalized spacial score (nSPS) is 19.2. The molecule has 1 atom stereocenters. The standard InChI is InChI=1S/C27H29ClN8/c1-27(2)15-29-7-6-22(27)35-26-24-20(16-3-4-16)13-31-14-21(24)34-25(36-26)17-5-8-32-23(9-17)33-19-10-18(28)11-30-12-19/h5,8-14,16,22,29H,3-4,6-7,15H2,1-2H3,(H,32,33)(H,34,35,36)/t22-/m0/s1. The van der Waals surface area contributed by atoms with Crippen LogP contribution in [0.1, 0.15) is 44.6 Å². The molecular weight excluding hydrogens is 472 g/mol. The number of hydrogen-bond donors (Lipinski definition) is 3. The lowest BCUT2D eigenvalue weighted by Crippen LogP contribution is -2.49. The Bertz CT molecular complexity index is 1420. The van der Waals surface area contributed by atoms with Crippen molar-refractivity contribution in [1.82, 2.24) is 30.2 Å². The summed E-state index contributed by atoms with van der Waals surface area (Å²) in [5.74, 6) is 2.74. The van der Waals surface area contributed by atoms with E-state index >= 15 is 0 Å². The summed E-state index contributed by atoms with van der Waals surface area (Å²) in [7, 11) is 0. The number of fused-ring (bicyclic) bond motifs is 1. The van der Waals surface area contributed by atoms with Crippen LogP contribution in [0.4, 0.5) is 17.3 Å². The Balaban J connectivity index is 1.42. The first-order valence-corrected chi connectivity index (χ1v) is 12.8. The fourth-order valence-corrected chi connectivity index (χ4v) is 5.09. The molecule has 1 saturated carbocycles. The number of nitrogens with zero attached hydrogens (tertiary/aromatic N) is 5. The minimum Gasteiger partial charge on any atom is -0.366 e. The van der Waals surface area contributed by atoms with Gasteiger partial charge in [0, 0.05) is 42.1 Å². The van der Waals surface area contributed by atoms with E-state index in [4.69, 9.17) is 21.6 Å². The molecule has 9 heteroatoms. The molecule has 0 radical (unpaired) electrons. The maximum Gasteiger partial charge on any atom is 0.162 e. The Morgan fingerprint density at radius 3 is 2.69 bits per heavy atom. The van der Waals surface area contributed by atoms with E-state index in [2.05, 4.69) is 44.7 Å². The van der Waals surface area contributed by atoms with Crippen LogP contribution >= 0.6 is 11.6 Å². The fraction of sp³-hybridized carbons (Fsp3) is 0.370. The summed E-state index contributed by atoms with van der Waals surface area (Å²) >= 11 is 6.09. The van der Waals surface area contributed by atoms with Gasteiger partial charge in [0.25, 0.3) is 0 Å². The average molecular weight is 501 g/mol. The second-order valence-electron chi connectivity index (χ2n) is 10.4. The summed E-state index contributed by atoms with van der Waals surface area (Å²) < 4.78 is 0. The summed E-state index contributed by atoms with van der Waals surface area (Å²) in [5, 5.41) is 12.3. The highest BCUT2D eigenvalue weighted by atomic mass is 35.5. The molecule has 0 bridgehead atoms. The van der Waals surface area contributed by atoms with E-state index in [1.54, 1.807) is 18.6 Å². The van der Waals surface area contributed by atoms with Gasteiger partial charge in [0.2, 0.25) is 0 Å². The average Bonchev–Trinajstić information content (AvgIpc) is 3.70. The van der Waals surface area contributed by atoms with Crippen molar-refractivity contribution >= 4 is 39.8 Å². The number of anilines is 3. The van der Waals surface area contributed by atoms with Crippen LogP contribution < -0.4 is 16.0 Å². The first-order valence-electron chi connectivity index (χ1n) is 12.4. The molecule has 4 aromatic rings. The summed E-state index contributed by atoms with van der Waals surface area (Å²) in [6.45, 7) is 6.56. The lowest BCUT2D eigenvalue weighted by Gasteiger charge is -2.40. The van der Waals surface area contributed by atoms with Gasteiger partial charge in [-0.05, 0) is 60.9 Å². The molecule has 5 heterocycles. The van der Waals surface area contributed by atoms with Crippen molar-refractivity contribution < 1.29 is 0 Å². The van der Waals surface area contributed by atoms with Crippen LogP contribution in [0.15, 0.2) is 49.2 Å². The van der Waals surface area contributed by atoms with Crippen LogP contribution in [0.5, 0.6) is 0 Å². The third kappa shape index (κ3) is 4.70. The van der Waals surface area contributed by atoms with Gasteiger partial charge >= 0.3 is 0 Å². The largest absolute Gasteiger partial charge is 0.366 e. The van der Waals surface area contributed by atoms with Gasteiger partial charge < -0.3 is 16.0 Å². The van der Waals surface area contributed by atoms with Crippen molar-refractivity contribution in [1.29, 1.82) is 0 Å². The molecule has 6 rings (SSSR count). The molecule has 0 spiro atoms. The highest BCUT2D eigenvalue weighted by Gasteiger charge is 2.34. The first-order chi connectivity index (χ1) is 17.5. The molecule has 184 valence electrons. The zero-order valence-corrected chi connectivity index (χ0v) is 21.2. The van der Waals surface area contributed by atoms with Crippen LogP contribution in [-0.4, -0.2) is 44.1 Å². The monoisotopic (exact) mass is 500 g/mol. The van der Waals surface area contributed by atoms with Gasteiger partial charge in [0.1, 0.15) is 11.6 Å². The first kappa shape index (κ1) is 23.1. The van der Waals surface area contributed by atoms with E-state index in [1.807, 2.05) is 30.6 Å². The molecular formula is C27H29ClN8. The van der Waals surface area contributed by atoms with E-state index in [0.717, 1.165) is 47.5 Å². The summed E-state index contributed by atoms with van der Waals surface area (Å²) in [5.41, 5.74) is 3.85. The van der Waals surface area contributed by atoms with Crippen molar-refractivity contribution in [3.63, 3.8) is 0 Å². The van der Waals surface area contributed by atoms with Crippen LogP contribution in [0.2, 0.25) is 5.02 Å². The summed E-state index contributed by atoms with van der Waals surface area (Å²) in [6.07, 6.45) is 12.3. The Labute approximate surface area is 215 Å². The molecule has 2 aliphatic rings. The van der Waals surface area contributed by atoms with Gasteiger partial charge in [-0.25, -0.2) is 15.0 Å². The van der Waals surface area contributed by atoms with Crippen LogP contribution in [0.3, 0.4) is 0 Å². The molecule has 4 aromatic heterocycles. The Kier molecular flexibility index (Phi) is 5.93. The quantitative estimate of drug-likeness (QED) is 0.316. The highest BCUT2D eigenvalue weighted by Crippen LogP contribution is 2.44. The molecule has 1 aliphatic carbocycles. The minimum absolute atomic E-state index is 0.0984. The van der Waals surface area contributed by atoms with Gasteiger partial charge in [-0.3, -0.25) is 9.97 Å². The molecule has 1 aliphatic heterocycles. The van der Waals surface area contributed by atoms with E-state index < -0.39 is 0 Å². The smallest absolute Gasteiger partial charge is 0.162 e. The van der Waals surface area contributed by atoms with Gasteiger partial charge in [-0.15, -0.1) is 0 Å². The lowest BCUT2D eigenvalue weighted by atomic mass is 9.80. The zero-order valence-electron chi connectivity index (χ0n) is 20.4. The van der Waals surface area contributed by atoms with Crippen molar-refractivity contribution in [3.05, 3.63) is 59.8 Å². The second kappa shape index (κ2) is 9.26. The molecule has 36 heavy (non-hydrogen) atoms. The van der Waals surface area contributed by atoms with E-state index in [0.29, 0.717) is 28.6 Å². The Morgan fingerprint density at radius 1 is 1.03 bits per heavy atom. The number of halogens is 1. The van der Waals surface area contributed by atoms with Crippen LogP contribution in [0.25, 0.3) is 22.3 Å². The topological polar surface area (TPSA) is 101 Å². The molecule has 2 fully saturated rings. The maximum atomic E-state index is 6.09. The van der Waals surface area contributed by atoms with Crippen LogP contribution in [-0.2, 0) is 0 Å².